The number of aliphatic hydroxyl groups excluding tert-OH is 7. The summed E-state index contributed by atoms with van der Waals surface area (Å²) in [5.74, 6) is -0.773. The van der Waals surface area contributed by atoms with Crippen LogP contribution in [0.4, 0.5) is 0 Å². The third kappa shape index (κ3) is 34.3. The molecule has 1 saturated heterocycles. The second-order valence-corrected chi connectivity index (χ2v) is 19.7. The molecule has 1 aliphatic rings. The number of carbonyl (C=O) groups excluding carboxylic acids is 1. The van der Waals surface area contributed by atoms with Gasteiger partial charge in [-0.2, -0.15) is 0 Å². The summed E-state index contributed by atoms with van der Waals surface area (Å²) in [5.41, 5.74) is 0. The zero-order chi connectivity index (χ0) is 49.0. The Kier molecular flexibility index (Phi) is 43.0. The highest BCUT2D eigenvalue weighted by Gasteiger charge is 2.44. The van der Waals surface area contributed by atoms with Gasteiger partial charge in [0.15, 0.2) is 6.29 Å². The molecule has 0 aromatic carbocycles. The van der Waals surface area contributed by atoms with Gasteiger partial charge in [0.2, 0.25) is 5.91 Å². The van der Waals surface area contributed by atoms with Crippen LogP contribution in [0.1, 0.15) is 245 Å². The summed E-state index contributed by atoms with van der Waals surface area (Å²) >= 11 is 0. The van der Waals surface area contributed by atoms with Gasteiger partial charge in [-0.15, -0.1) is 0 Å². The SMILES string of the molecule is CCCCCCCC/C=C\C/C=C\CC(O)C(=O)NC(COC1OC(CO)C(O)C(O)C1O)C(O)C(O)CCC/C=C/CCCCCCCCCCCCCCCCCCCCCCCCC. The highest BCUT2D eigenvalue weighted by Crippen LogP contribution is 2.23. The lowest BCUT2D eigenvalue weighted by Gasteiger charge is -2.40. The molecule has 9 atom stereocenters. The molecule has 1 fully saturated rings. The van der Waals surface area contributed by atoms with Crippen LogP contribution in [-0.4, -0.2) is 110 Å². The number of carbonyl (C=O) groups is 1. The van der Waals surface area contributed by atoms with Crippen molar-refractivity contribution in [3.05, 3.63) is 36.5 Å². The van der Waals surface area contributed by atoms with Crippen LogP contribution in [0.3, 0.4) is 0 Å². The fraction of sp³-hybridized carbons (Fsp3) is 0.875. The van der Waals surface area contributed by atoms with Crippen LogP contribution in [0, 0.1) is 0 Å². The van der Waals surface area contributed by atoms with Gasteiger partial charge < -0.3 is 50.5 Å². The van der Waals surface area contributed by atoms with E-state index < -0.39 is 74.2 Å². The van der Waals surface area contributed by atoms with Crippen LogP contribution in [0.5, 0.6) is 0 Å². The van der Waals surface area contributed by atoms with Crippen molar-refractivity contribution in [3.8, 4) is 0 Å². The molecule has 1 heterocycles. The average Bonchev–Trinajstić information content (AvgIpc) is 3.33. The third-order valence-electron chi connectivity index (χ3n) is 13.4. The summed E-state index contributed by atoms with van der Waals surface area (Å²) in [5, 5.41) is 75.7. The van der Waals surface area contributed by atoms with Gasteiger partial charge in [-0.1, -0.05) is 224 Å². The number of rotatable bonds is 47. The van der Waals surface area contributed by atoms with Gasteiger partial charge in [0.25, 0.3) is 0 Å². The number of allylic oxidation sites excluding steroid dienone is 5. The molecule has 67 heavy (non-hydrogen) atoms. The Morgan fingerprint density at radius 3 is 1.39 bits per heavy atom. The monoisotopic (exact) mass is 952 g/mol. The molecule has 0 bridgehead atoms. The van der Waals surface area contributed by atoms with Gasteiger partial charge in [0.1, 0.15) is 36.6 Å². The fourth-order valence-corrected chi connectivity index (χ4v) is 8.84. The smallest absolute Gasteiger partial charge is 0.249 e. The standard InChI is InChI=1S/C56H105NO10/c1-3-5-7-9-11-13-15-17-18-19-20-21-22-23-24-25-26-27-28-29-30-31-32-34-35-37-39-41-43-48(59)51(61)47(46-66-56-54(64)53(63)52(62)50(45-58)67-56)57-55(65)49(60)44-42-40-38-36-33-16-14-12-10-8-6-4-2/h33,35-37,40,42,47-54,56,58-64H,3-32,34,38-39,41,43-46H2,1-2H3,(H,57,65)/b36-33-,37-35+,42-40-. The first kappa shape index (κ1) is 63.3. The van der Waals surface area contributed by atoms with E-state index in [0.29, 0.717) is 12.8 Å². The lowest BCUT2D eigenvalue weighted by atomic mass is 9.99. The second kappa shape index (κ2) is 45.5. The molecule has 0 spiro atoms. The summed E-state index contributed by atoms with van der Waals surface area (Å²) in [6.45, 7) is 3.40. The van der Waals surface area contributed by atoms with Crippen LogP contribution in [0.15, 0.2) is 36.5 Å². The molecule has 8 N–H and O–H groups in total. The van der Waals surface area contributed by atoms with Crippen molar-refractivity contribution >= 4 is 5.91 Å². The van der Waals surface area contributed by atoms with E-state index in [1.54, 1.807) is 6.08 Å². The third-order valence-corrected chi connectivity index (χ3v) is 13.4. The molecule has 394 valence electrons. The van der Waals surface area contributed by atoms with E-state index in [9.17, 15) is 40.5 Å². The van der Waals surface area contributed by atoms with Crippen molar-refractivity contribution in [1.29, 1.82) is 0 Å². The molecule has 0 aliphatic carbocycles. The van der Waals surface area contributed by atoms with Crippen molar-refractivity contribution in [1.82, 2.24) is 5.32 Å². The molecule has 1 aliphatic heterocycles. The van der Waals surface area contributed by atoms with E-state index in [2.05, 4.69) is 43.5 Å². The van der Waals surface area contributed by atoms with Gasteiger partial charge in [-0.05, 0) is 51.4 Å². The summed E-state index contributed by atoms with van der Waals surface area (Å²) in [4.78, 5) is 13.1. The maximum Gasteiger partial charge on any atom is 0.249 e. The predicted octanol–water partition coefficient (Wildman–Crippen LogP) is 11.1. The number of amides is 1. The minimum Gasteiger partial charge on any atom is -0.394 e. The highest BCUT2D eigenvalue weighted by molar-refractivity contribution is 5.81. The summed E-state index contributed by atoms with van der Waals surface area (Å²) < 4.78 is 11.1. The van der Waals surface area contributed by atoms with E-state index in [1.807, 2.05) is 6.08 Å². The minimum absolute atomic E-state index is 0.0437. The molecule has 1 amide bonds. The summed E-state index contributed by atoms with van der Waals surface area (Å²) in [7, 11) is 0. The molecule has 0 aromatic heterocycles. The largest absolute Gasteiger partial charge is 0.394 e. The summed E-state index contributed by atoms with van der Waals surface area (Å²) in [6, 6.07) is -1.22. The number of unbranched alkanes of at least 4 members (excludes halogenated alkanes) is 30. The van der Waals surface area contributed by atoms with Crippen molar-refractivity contribution in [2.45, 2.75) is 300 Å². The second-order valence-electron chi connectivity index (χ2n) is 19.7. The molecule has 0 saturated carbocycles. The highest BCUT2D eigenvalue weighted by atomic mass is 16.7. The van der Waals surface area contributed by atoms with Crippen LogP contribution < -0.4 is 5.32 Å². The molecular formula is C56H105NO10. The van der Waals surface area contributed by atoms with Gasteiger partial charge >= 0.3 is 0 Å². The lowest BCUT2D eigenvalue weighted by molar-refractivity contribution is -0.303. The fourth-order valence-electron chi connectivity index (χ4n) is 8.84. The topological polar surface area (TPSA) is 189 Å². The Morgan fingerprint density at radius 1 is 0.537 bits per heavy atom. The van der Waals surface area contributed by atoms with Crippen molar-refractivity contribution < 1.29 is 50.0 Å². The molecule has 0 radical (unpaired) electrons. The van der Waals surface area contributed by atoms with E-state index in [1.165, 1.54) is 180 Å². The van der Waals surface area contributed by atoms with E-state index in [-0.39, 0.29) is 12.8 Å². The van der Waals surface area contributed by atoms with Crippen LogP contribution in [-0.2, 0) is 14.3 Å². The van der Waals surface area contributed by atoms with Crippen LogP contribution in [0.25, 0.3) is 0 Å². The zero-order valence-corrected chi connectivity index (χ0v) is 42.9. The normalized spacial score (nSPS) is 20.9. The Bertz CT molecular complexity index is 1180. The Balaban J connectivity index is 2.30. The molecular weight excluding hydrogens is 847 g/mol. The maximum absolute atomic E-state index is 13.1. The first-order chi connectivity index (χ1) is 32.7. The predicted molar refractivity (Wildman–Crippen MR) is 275 cm³/mol. The van der Waals surface area contributed by atoms with Crippen molar-refractivity contribution in [3.63, 3.8) is 0 Å². The minimum atomic E-state index is -1.68. The Labute approximate surface area is 409 Å². The number of nitrogens with one attached hydrogen (secondary N) is 1. The van der Waals surface area contributed by atoms with Crippen molar-refractivity contribution in [2.24, 2.45) is 0 Å². The quantitative estimate of drug-likeness (QED) is 0.0215. The molecule has 0 aromatic rings. The van der Waals surface area contributed by atoms with Gasteiger partial charge in [-0.3, -0.25) is 4.79 Å². The molecule has 11 nitrogen and oxygen atoms in total. The van der Waals surface area contributed by atoms with Crippen molar-refractivity contribution in [2.75, 3.05) is 13.2 Å². The number of hydrogen-bond donors (Lipinski definition) is 8. The Hall–Kier alpha value is -1.67. The number of hydrogen-bond acceptors (Lipinski definition) is 10. The lowest BCUT2D eigenvalue weighted by Crippen LogP contribution is -2.60. The van der Waals surface area contributed by atoms with Gasteiger partial charge in [0, 0.05) is 6.42 Å². The van der Waals surface area contributed by atoms with Gasteiger partial charge in [-0.25, -0.2) is 0 Å². The average molecular weight is 952 g/mol. The first-order valence-electron chi connectivity index (χ1n) is 27.9. The van der Waals surface area contributed by atoms with Gasteiger partial charge in [0.05, 0.1) is 25.4 Å². The summed E-state index contributed by atoms with van der Waals surface area (Å²) in [6.07, 6.45) is 43.9. The van der Waals surface area contributed by atoms with E-state index >= 15 is 0 Å². The number of ether oxygens (including phenoxy) is 2. The number of aliphatic hydroxyl groups is 7. The first-order valence-corrected chi connectivity index (χ1v) is 27.9. The molecule has 1 rings (SSSR count). The molecule has 11 heteroatoms. The van der Waals surface area contributed by atoms with E-state index in [4.69, 9.17) is 9.47 Å². The van der Waals surface area contributed by atoms with Crippen LogP contribution in [0.2, 0.25) is 0 Å². The van der Waals surface area contributed by atoms with Crippen LogP contribution >= 0.6 is 0 Å². The Morgan fingerprint density at radius 2 is 0.940 bits per heavy atom. The maximum atomic E-state index is 13.1. The molecule has 9 unspecified atom stereocenters. The zero-order valence-electron chi connectivity index (χ0n) is 42.9. The van der Waals surface area contributed by atoms with E-state index in [0.717, 1.165) is 25.7 Å².